The molecule has 2 N–H and O–H groups in total. The van der Waals surface area contributed by atoms with Crippen LogP contribution in [0.5, 0.6) is 0 Å². The Morgan fingerprint density at radius 3 is 2.08 bits per heavy atom. The molecule has 3 nitrogen and oxygen atoms in total. The smallest absolute Gasteiger partial charge is 0.243 e. The minimum Gasteiger partial charge on any atom is -0.289 e. The fourth-order valence-electron chi connectivity index (χ4n) is 2.24. The Balaban J connectivity index is 0.000000483. The Morgan fingerprint density at radius 2 is 1.64 bits per heavy atom. The third-order valence-corrected chi connectivity index (χ3v) is 3.68. The van der Waals surface area contributed by atoms with Crippen LogP contribution in [0, 0.1) is 12.7 Å². The van der Waals surface area contributed by atoms with Crippen LogP contribution in [-0.4, -0.2) is 11.1 Å². The third kappa shape index (κ3) is 9.62. The van der Waals surface area contributed by atoms with Gasteiger partial charge in [-0.2, -0.15) is 0 Å². The molecule has 1 unspecified atom stereocenters. The van der Waals surface area contributed by atoms with Gasteiger partial charge in [-0.15, -0.1) is 0 Å². The van der Waals surface area contributed by atoms with Crippen molar-refractivity contribution in [1.29, 1.82) is 0 Å². The quantitative estimate of drug-likeness (QED) is 0.544. The Kier molecular flexibility index (Phi) is 12.9. The van der Waals surface area contributed by atoms with Gasteiger partial charge >= 0.3 is 0 Å². The molecular formula is C21H30FNO2. The number of aryl methyl sites for hydroxylation is 1. The van der Waals surface area contributed by atoms with E-state index in [1.54, 1.807) is 24.5 Å². The molecular weight excluding hydrogens is 317 g/mol. The van der Waals surface area contributed by atoms with Gasteiger partial charge in [0.05, 0.1) is 0 Å². The molecule has 25 heavy (non-hydrogen) atoms. The van der Waals surface area contributed by atoms with Crippen molar-refractivity contribution in [3.05, 3.63) is 71.5 Å². The number of halogens is 1. The molecule has 0 saturated carbocycles. The van der Waals surface area contributed by atoms with E-state index in [1.807, 2.05) is 38.1 Å². The number of benzene rings is 2. The molecule has 138 valence electrons. The van der Waals surface area contributed by atoms with Gasteiger partial charge in [-0.05, 0) is 42.9 Å². The molecule has 0 spiro atoms. The van der Waals surface area contributed by atoms with Crippen molar-refractivity contribution in [2.45, 2.75) is 52.9 Å². The van der Waals surface area contributed by atoms with Crippen LogP contribution in [0.2, 0.25) is 0 Å². The number of hydrogen-bond donors (Lipinski definition) is 2. The van der Waals surface area contributed by atoms with E-state index in [0.717, 1.165) is 12.8 Å². The summed E-state index contributed by atoms with van der Waals surface area (Å²) in [7, 11) is 0. The molecule has 1 amide bonds. The molecule has 0 aliphatic heterocycles. The van der Waals surface area contributed by atoms with E-state index in [1.165, 1.54) is 11.6 Å². The number of hydroxylamine groups is 1. The second-order valence-corrected chi connectivity index (χ2v) is 5.34. The van der Waals surface area contributed by atoms with Gasteiger partial charge in [0.25, 0.3) is 0 Å². The SMILES string of the molecule is CC.CCC(CCC(=O)NO)c1ccccc1.Cc1ccccc1F. The first-order valence-electron chi connectivity index (χ1n) is 8.77. The van der Waals surface area contributed by atoms with Crippen LogP contribution in [0.25, 0.3) is 0 Å². The number of rotatable bonds is 5. The maximum absolute atomic E-state index is 12.3. The summed E-state index contributed by atoms with van der Waals surface area (Å²) in [5, 5.41) is 8.39. The largest absolute Gasteiger partial charge is 0.289 e. The lowest BCUT2D eigenvalue weighted by Gasteiger charge is -2.14. The second-order valence-electron chi connectivity index (χ2n) is 5.34. The van der Waals surface area contributed by atoms with Crippen molar-refractivity contribution in [2.75, 3.05) is 0 Å². The third-order valence-electron chi connectivity index (χ3n) is 3.68. The molecule has 0 saturated heterocycles. The predicted molar refractivity (Wildman–Crippen MR) is 101 cm³/mol. The highest BCUT2D eigenvalue weighted by Crippen LogP contribution is 2.24. The first-order valence-corrected chi connectivity index (χ1v) is 8.77. The van der Waals surface area contributed by atoms with Crippen molar-refractivity contribution < 1.29 is 14.4 Å². The molecule has 0 aliphatic carbocycles. The van der Waals surface area contributed by atoms with Crippen molar-refractivity contribution >= 4 is 5.91 Å². The molecule has 2 rings (SSSR count). The maximum Gasteiger partial charge on any atom is 0.243 e. The molecule has 0 heterocycles. The van der Waals surface area contributed by atoms with Gasteiger partial charge in [0.1, 0.15) is 5.82 Å². The zero-order chi connectivity index (χ0) is 19.1. The molecule has 1 atom stereocenters. The van der Waals surface area contributed by atoms with Crippen LogP contribution in [0.4, 0.5) is 4.39 Å². The number of carbonyl (C=O) groups excluding carboxylic acids is 1. The maximum atomic E-state index is 12.3. The summed E-state index contributed by atoms with van der Waals surface area (Å²) in [5.41, 5.74) is 3.61. The van der Waals surface area contributed by atoms with Crippen molar-refractivity contribution in [3.63, 3.8) is 0 Å². The van der Waals surface area contributed by atoms with E-state index in [2.05, 4.69) is 19.1 Å². The summed E-state index contributed by atoms with van der Waals surface area (Å²) < 4.78 is 12.3. The number of amides is 1. The lowest BCUT2D eigenvalue weighted by atomic mass is 9.92. The van der Waals surface area contributed by atoms with E-state index >= 15 is 0 Å². The fourth-order valence-corrected chi connectivity index (χ4v) is 2.24. The van der Waals surface area contributed by atoms with E-state index in [9.17, 15) is 9.18 Å². The normalized spacial score (nSPS) is 10.5. The number of nitrogens with one attached hydrogen (secondary N) is 1. The van der Waals surface area contributed by atoms with Crippen molar-refractivity contribution in [3.8, 4) is 0 Å². The monoisotopic (exact) mass is 347 g/mol. The van der Waals surface area contributed by atoms with Crippen molar-refractivity contribution in [2.24, 2.45) is 0 Å². The summed E-state index contributed by atoms with van der Waals surface area (Å²) in [5.74, 6) is -0.0552. The zero-order valence-corrected chi connectivity index (χ0v) is 15.6. The van der Waals surface area contributed by atoms with Crippen LogP contribution >= 0.6 is 0 Å². The molecule has 0 aliphatic rings. The van der Waals surface area contributed by atoms with E-state index in [4.69, 9.17) is 5.21 Å². The van der Waals surface area contributed by atoms with Gasteiger partial charge in [0, 0.05) is 6.42 Å². The minimum atomic E-state index is -0.315. The topological polar surface area (TPSA) is 49.3 Å². The molecule has 4 heteroatoms. The molecule has 2 aromatic rings. The summed E-state index contributed by atoms with van der Waals surface area (Å²) in [6.07, 6.45) is 2.14. The first-order chi connectivity index (χ1) is 12.1. The molecule has 0 bridgehead atoms. The highest BCUT2D eigenvalue weighted by Gasteiger charge is 2.10. The van der Waals surface area contributed by atoms with Gasteiger partial charge in [-0.1, -0.05) is 69.3 Å². The fraction of sp³-hybridized carbons (Fsp3) is 0.381. The lowest BCUT2D eigenvalue weighted by molar-refractivity contribution is -0.129. The predicted octanol–water partition coefficient (Wildman–Crippen LogP) is 5.63. The van der Waals surface area contributed by atoms with Gasteiger partial charge in [-0.3, -0.25) is 10.0 Å². The standard InChI is InChI=1S/C12H17NO2.C7H7F.C2H6/c1-2-10(8-9-12(14)13-15)11-6-4-3-5-7-11;1-6-4-2-3-5-7(6)8;1-2/h3-7,10,15H,2,8-9H2,1H3,(H,13,14);2-5H,1H3;1-2H3. The molecule has 2 aromatic carbocycles. The lowest BCUT2D eigenvalue weighted by Crippen LogP contribution is -2.18. The molecule has 0 fully saturated rings. The van der Waals surface area contributed by atoms with E-state index in [0.29, 0.717) is 17.9 Å². The summed E-state index contributed by atoms with van der Waals surface area (Å²) in [6.45, 7) is 7.85. The minimum absolute atomic E-state index is 0.132. The van der Waals surface area contributed by atoms with Crippen LogP contribution in [0.1, 0.15) is 57.1 Å². The van der Waals surface area contributed by atoms with Crippen LogP contribution in [-0.2, 0) is 4.79 Å². The Hall–Kier alpha value is -2.20. The van der Waals surface area contributed by atoms with Crippen molar-refractivity contribution in [1.82, 2.24) is 5.48 Å². The van der Waals surface area contributed by atoms with Gasteiger partial charge in [0.2, 0.25) is 5.91 Å². The first kappa shape index (κ1) is 22.8. The molecule has 0 aromatic heterocycles. The van der Waals surface area contributed by atoms with Crippen LogP contribution in [0.3, 0.4) is 0 Å². The van der Waals surface area contributed by atoms with E-state index < -0.39 is 0 Å². The zero-order valence-electron chi connectivity index (χ0n) is 15.6. The average molecular weight is 347 g/mol. The highest BCUT2D eigenvalue weighted by molar-refractivity contribution is 5.74. The van der Waals surface area contributed by atoms with Crippen LogP contribution in [0.15, 0.2) is 54.6 Å². The van der Waals surface area contributed by atoms with Gasteiger partial charge in [-0.25, -0.2) is 9.87 Å². The summed E-state index contributed by atoms with van der Waals surface area (Å²) >= 11 is 0. The number of hydrogen-bond acceptors (Lipinski definition) is 2. The van der Waals surface area contributed by atoms with Gasteiger partial charge < -0.3 is 0 Å². The summed E-state index contributed by atoms with van der Waals surface area (Å²) in [6, 6.07) is 16.8. The summed E-state index contributed by atoms with van der Waals surface area (Å²) in [4.78, 5) is 10.9. The van der Waals surface area contributed by atoms with Gasteiger partial charge in [0.15, 0.2) is 0 Å². The Labute approximate surface area is 150 Å². The highest BCUT2D eigenvalue weighted by atomic mass is 19.1. The van der Waals surface area contributed by atoms with Crippen LogP contribution < -0.4 is 5.48 Å². The average Bonchev–Trinajstić information content (AvgIpc) is 2.67. The van der Waals surface area contributed by atoms with E-state index in [-0.39, 0.29) is 11.7 Å². The molecule has 0 radical (unpaired) electrons. The second kappa shape index (κ2) is 14.2. The Morgan fingerprint density at radius 1 is 1.08 bits per heavy atom. The Bertz CT molecular complexity index is 566. The number of carbonyl (C=O) groups is 1.